The normalized spacial score (nSPS) is 23.6. The van der Waals surface area contributed by atoms with E-state index in [1.165, 1.54) is 44.1 Å². The van der Waals surface area contributed by atoms with Crippen molar-refractivity contribution in [3.8, 4) is 0 Å². The highest BCUT2D eigenvalue weighted by Gasteiger charge is 2.24. The van der Waals surface area contributed by atoms with Crippen LogP contribution in [-0.2, 0) is 0 Å². The molecule has 1 aliphatic rings. The predicted octanol–water partition coefficient (Wildman–Crippen LogP) is 5.62. The molecule has 1 atom stereocenters. The van der Waals surface area contributed by atoms with Gasteiger partial charge in [-0.15, -0.1) is 0 Å². The van der Waals surface area contributed by atoms with E-state index in [9.17, 15) is 0 Å². The smallest absolute Gasteiger partial charge is 0.00643 e. The van der Waals surface area contributed by atoms with E-state index in [-0.39, 0.29) is 0 Å². The van der Waals surface area contributed by atoms with Gasteiger partial charge in [-0.1, -0.05) is 74.4 Å². The van der Waals surface area contributed by atoms with Gasteiger partial charge in [0.1, 0.15) is 0 Å². The summed E-state index contributed by atoms with van der Waals surface area (Å²) in [6.07, 6.45) is 17.4. The zero-order chi connectivity index (χ0) is 12.7. The fourth-order valence-corrected chi connectivity index (χ4v) is 2.71. The minimum Gasteiger partial charge on any atom is -0.0877 e. The molecule has 18 heavy (non-hydrogen) atoms. The monoisotopic (exact) mass is 240 g/mol. The van der Waals surface area contributed by atoms with Crippen molar-refractivity contribution < 1.29 is 0 Å². The molecule has 0 saturated carbocycles. The van der Waals surface area contributed by atoms with Crippen molar-refractivity contribution in [2.24, 2.45) is 5.41 Å². The number of rotatable bonds is 5. The Balaban J connectivity index is 2.12. The molecule has 0 N–H and O–H groups in total. The number of unbranched alkanes of at least 4 members (excludes halogenated alkanes) is 1. The highest BCUT2D eigenvalue weighted by molar-refractivity contribution is 5.50. The Bertz CT molecular complexity index is 399. The van der Waals surface area contributed by atoms with Gasteiger partial charge in [0.2, 0.25) is 0 Å². The van der Waals surface area contributed by atoms with Gasteiger partial charge in [-0.25, -0.2) is 0 Å². The fraction of sp³-hybridized carbons (Fsp3) is 0.444. The van der Waals surface area contributed by atoms with Crippen molar-refractivity contribution in [2.45, 2.75) is 45.4 Å². The fourth-order valence-electron chi connectivity index (χ4n) is 2.71. The molecule has 0 aromatic heterocycles. The first-order valence-electron chi connectivity index (χ1n) is 7.27. The van der Waals surface area contributed by atoms with Crippen LogP contribution in [0.1, 0.15) is 51.0 Å². The Morgan fingerprint density at radius 2 is 2.06 bits per heavy atom. The van der Waals surface area contributed by atoms with E-state index in [1.54, 1.807) is 0 Å². The number of benzene rings is 1. The van der Waals surface area contributed by atoms with Crippen LogP contribution in [0.15, 0.2) is 48.6 Å². The Labute approximate surface area is 111 Å². The lowest BCUT2D eigenvalue weighted by atomic mass is 9.75. The van der Waals surface area contributed by atoms with Crippen LogP contribution < -0.4 is 0 Å². The molecule has 0 spiro atoms. The maximum absolute atomic E-state index is 2.45. The summed E-state index contributed by atoms with van der Waals surface area (Å²) in [4.78, 5) is 0. The van der Waals surface area contributed by atoms with Crippen LogP contribution in [0.25, 0.3) is 6.08 Å². The summed E-state index contributed by atoms with van der Waals surface area (Å²) in [6.45, 7) is 2.28. The lowest BCUT2D eigenvalue weighted by Crippen LogP contribution is -2.17. The van der Waals surface area contributed by atoms with Gasteiger partial charge in [-0.3, -0.25) is 0 Å². The molecule has 0 aliphatic heterocycles. The first kappa shape index (κ1) is 13.1. The highest BCUT2D eigenvalue weighted by Crippen LogP contribution is 2.38. The average molecular weight is 240 g/mol. The van der Waals surface area contributed by atoms with E-state index < -0.39 is 0 Å². The predicted molar refractivity (Wildman–Crippen MR) is 80.4 cm³/mol. The van der Waals surface area contributed by atoms with Crippen LogP contribution in [-0.4, -0.2) is 0 Å². The van der Waals surface area contributed by atoms with Gasteiger partial charge in [0.15, 0.2) is 0 Å². The Kier molecular flexibility index (Phi) is 4.81. The number of hydrogen-bond acceptors (Lipinski definition) is 0. The molecule has 1 aromatic rings. The molecule has 0 bridgehead atoms. The molecule has 2 rings (SSSR count). The first-order valence-corrected chi connectivity index (χ1v) is 7.27. The maximum atomic E-state index is 2.45. The third-order valence-corrected chi connectivity index (χ3v) is 3.87. The lowest BCUT2D eigenvalue weighted by molar-refractivity contribution is 0.376. The van der Waals surface area contributed by atoms with E-state index in [4.69, 9.17) is 0 Å². The van der Waals surface area contributed by atoms with Crippen molar-refractivity contribution in [3.63, 3.8) is 0 Å². The van der Waals surface area contributed by atoms with Crippen molar-refractivity contribution in [1.82, 2.24) is 0 Å². The summed E-state index contributed by atoms with van der Waals surface area (Å²) >= 11 is 0. The van der Waals surface area contributed by atoms with Crippen LogP contribution in [0.2, 0.25) is 0 Å². The van der Waals surface area contributed by atoms with Gasteiger partial charge in [0, 0.05) is 5.41 Å². The summed E-state index contributed by atoms with van der Waals surface area (Å²) in [5, 5.41) is 0. The van der Waals surface area contributed by atoms with Crippen LogP contribution in [0, 0.1) is 5.41 Å². The summed E-state index contributed by atoms with van der Waals surface area (Å²) in [7, 11) is 0. The molecule has 0 fully saturated rings. The summed E-state index contributed by atoms with van der Waals surface area (Å²) in [6, 6.07) is 10.6. The Morgan fingerprint density at radius 1 is 1.22 bits per heavy atom. The largest absolute Gasteiger partial charge is 0.0877 e. The lowest BCUT2D eigenvalue weighted by Gasteiger charge is -2.30. The molecule has 0 radical (unpaired) electrons. The van der Waals surface area contributed by atoms with Gasteiger partial charge in [-0.05, 0) is 31.2 Å². The number of hydrogen-bond donors (Lipinski definition) is 0. The molecule has 1 aromatic carbocycles. The van der Waals surface area contributed by atoms with Crippen molar-refractivity contribution in [3.05, 3.63) is 54.1 Å². The zero-order valence-corrected chi connectivity index (χ0v) is 11.4. The van der Waals surface area contributed by atoms with E-state index in [0.29, 0.717) is 5.41 Å². The molecule has 1 aliphatic carbocycles. The molecule has 0 nitrogen and oxygen atoms in total. The molecular weight excluding hydrogens is 216 g/mol. The summed E-state index contributed by atoms with van der Waals surface area (Å²) < 4.78 is 0. The SMILES string of the molecule is CCCCC1(/C=C\c2ccccc2)C=CCCC1. The molecular formula is C18H24. The summed E-state index contributed by atoms with van der Waals surface area (Å²) in [5.74, 6) is 0. The van der Waals surface area contributed by atoms with Gasteiger partial charge < -0.3 is 0 Å². The maximum Gasteiger partial charge on any atom is 0.00643 e. The van der Waals surface area contributed by atoms with Crippen molar-refractivity contribution in [2.75, 3.05) is 0 Å². The third kappa shape index (κ3) is 3.60. The quantitative estimate of drug-likeness (QED) is 0.586. The minimum atomic E-state index is 0.324. The van der Waals surface area contributed by atoms with E-state index in [1.807, 2.05) is 0 Å². The molecule has 0 amide bonds. The van der Waals surface area contributed by atoms with Crippen LogP contribution in [0.3, 0.4) is 0 Å². The van der Waals surface area contributed by atoms with Crippen LogP contribution in [0.5, 0.6) is 0 Å². The molecule has 0 heteroatoms. The highest BCUT2D eigenvalue weighted by atomic mass is 14.3. The molecule has 1 unspecified atom stereocenters. The minimum absolute atomic E-state index is 0.324. The van der Waals surface area contributed by atoms with Crippen LogP contribution in [0.4, 0.5) is 0 Å². The van der Waals surface area contributed by atoms with E-state index in [0.717, 1.165) is 0 Å². The Morgan fingerprint density at radius 3 is 2.72 bits per heavy atom. The standard InChI is InChI=1S/C18H24/c1-2-3-13-18(14-8-5-9-15-18)16-12-17-10-6-4-7-11-17/h4,6-8,10-12,14,16H,2-3,5,9,13,15H2,1H3/b16-12-. The zero-order valence-electron chi connectivity index (χ0n) is 11.4. The molecule has 96 valence electrons. The topological polar surface area (TPSA) is 0 Å². The Hall–Kier alpha value is -1.30. The van der Waals surface area contributed by atoms with Gasteiger partial charge in [0.05, 0.1) is 0 Å². The molecule has 0 heterocycles. The van der Waals surface area contributed by atoms with Crippen LogP contribution >= 0.6 is 0 Å². The second kappa shape index (κ2) is 6.58. The van der Waals surface area contributed by atoms with Gasteiger partial charge in [0.25, 0.3) is 0 Å². The number of allylic oxidation sites excluding steroid dienone is 3. The van der Waals surface area contributed by atoms with E-state index in [2.05, 4.69) is 61.6 Å². The third-order valence-electron chi connectivity index (χ3n) is 3.87. The average Bonchev–Trinajstić information content (AvgIpc) is 2.45. The first-order chi connectivity index (χ1) is 8.85. The second-order valence-corrected chi connectivity index (χ2v) is 5.38. The van der Waals surface area contributed by atoms with Gasteiger partial charge in [-0.2, -0.15) is 0 Å². The second-order valence-electron chi connectivity index (χ2n) is 5.38. The summed E-state index contributed by atoms with van der Waals surface area (Å²) in [5.41, 5.74) is 1.64. The van der Waals surface area contributed by atoms with Gasteiger partial charge >= 0.3 is 0 Å². The van der Waals surface area contributed by atoms with E-state index >= 15 is 0 Å². The molecule has 0 saturated heterocycles. The van der Waals surface area contributed by atoms with Crippen molar-refractivity contribution >= 4 is 6.08 Å². The van der Waals surface area contributed by atoms with Crippen molar-refractivity contribution in [1.29, 1.82) is 0 Å².